The maximum absolute atomic E-state index is 12.4. The zero-order chi connectivity index (χ0) is 15.0. The molecule has 2 atom stereocenters. The van der Waals surface area contributed by atoms with Gasteiger partial charge in [0.2, 0.25) is 10.0 Å². The summed E-state index contributed by atoms with van der Waals surface area (Å²) in [6.45, 7) is 1.83. The lowest BCUT2D eigenvalue weighted by atomic mass is 9.93. The first-order valence-electron chi connectivity index (χ1n) is 7.63. The molecule has 0 radical (unpaired) electrons. The van der Waals surface area contributed by atoms with Gasteiger partial charge in [0.1, 0.15) is 0 Å². The number of carbonyl (C=O) groups excluding carboxylic acids is 1. The molecule has 0 amide bonds. The highest BCUT2D eigenvalue weighted by Crippen LogP contribution is 2.54. The van der Waals surface area contributed by atoms with Crippen molar-refractivity contribution < 1.29 is 13.2 Å². The number of hydrogen-bond acceptors (Lipinski definition) is 3. The fraction of sp³-hybridized carbons (Fsp3) is 0.562. The fourth-order valence-electron chi connectivity index (χ4n) is 3.37. The number of nitrogens with one attached hydrogen (secondary N) is 1. The molecule has 0 saturated heterocycles. The van der Waals surface area contributed by atoms with Gasteiger partial charge < -0.3 is 0 Å². The van der Waals surface area contributed by atoms with Crippen molar-refractivity contribution in [2.45, 2.75) is 32.6 Å². The predicted molar refractivity (Wildman–Crippen MR) is 82.8 cm³/mol. The zero-order valence-corrected chi connectivity index (χ0v) is 13.0. The van der Waals surface area contributed by atoms with Gasteiger partial charge >= 0.3 is 0 Å². The maximum atomic E-state index is 12.4. The van der Waals surface area contributed by atoms with E-state index in [-0.39, 0.29) is 17.5 Å². The van der Waals surface area contributed by atoms with Crippen molar-refractivity contribution in [3.8, 4) is 0 Å². The number of sulfonamides is 1. The Labute approximate surface area is 126 Å². The molecular weight excluding hydrogens is 286 g/mol. The van der Waals surface area contributed by atoms with Crippen molar-refractivity contribution >= 4 is 21.5 Å². The van der Waals surface area contributed by atoms with Crippen molar-refractivity contribution in [2.24, 2.45) is 17.8 Å². The number of carbonyl (C=O) groups is 1. The number of fused-ring (bicyclic) bond motifs is 1. The molecule has 0 bridgehead atoms. The van der Waals surface area contributed by atoms with Gasteiger partial charge in [-0.15, -0.1) is 0 Å². The van der Waals surface area contributed by atoms with Crippen molar-refractivity contribution in [3.63, 3.8) is 0 Å². The van der Waals surface area contributed by atoms with E-state index >= 15 is 0 Å². The highest BCUT2D eigenvalue weighted by molar-refractivity contribution is 7.92. The summed E-state index contributed by atoms with van der Waals surface area (Å²) in [6, 6.07) is 6.82. The van der Waals surface area contributed by atoms with Crippen LogP contribution >= 0.6 is 0 Å². The Morgan fingerprint density at radius 1 is 1.14 bits per heavy atom. The summed E-state index contributed by atoms with van der Waals surface area (Å²) in [7, 11) is -3.27. The third kappa shape index (κ3) is 3.28. The van der Waals surface area contributed by atoms with Gasteiger partial charge in [-0.2, -0.15) is 0 Å². The van der Waals surface area contributed by atoms with Crippen LogP contribution in [0.3, 0.4) is 0 Å². The molecule has 1 aromatic rings. The Kier molecular flexibility index (Phi) is 3.78. The van der Waals surface area contributed by atoms with Gasteiger partial charge in [-0.3, -0.25) is 9.52 Å². The van der Waals surface area contributed by atoms with Gasteiger partial charge in [-0.25, -0.2) is 8.42 Å². The molecule has 2 aliphatic carbocycles. The molecule has 2 unspecified atom stereocenters. The van der Waals surface area contributed by atoms with Gasteiger partial charge in [0, 0.05) is 17.2 Å². The van der Waals surface area contributed by atoms with Crippen LogP contribution in [-0.4, -0.2) is 20.0 Å². The second kappa shape index (κ2) is 5.44. The molecule has 114 valence electrons. The van der Waals surface area contributed by atoms with Crippen molar-refractivity contribution in [1.29, 1.82) is 0 Å². The Hall–Kier alpha value is -1.36. The van der Waals surface area contributed by atoms with Crippen molar-refractivity contribution in [1.82, 2.24) is 0 Å². The van der Waals surface area contributed by atoms with Crippen LogP contribution in [0.25, 0.3) is 0 Å². The first-order valence-corrected chi connectivity index (χ1v) is 9.28. The average molecular weight is 307 g/mol. The molecule has 5 heteroatoms. The van der Waals surface area contributed by atoms with E-state index in [4.69, 9.17) is 0 Å². The van der Waals surface area contributed by atoms with Crippen LogP contribution in [0.15, 0.2) is 24.3 Å². The van der Waals surface area contributed by atoms with Crippen LogP contribution in [-0.2, 0) is 10.0 Å². The number of anilines is 1. The summed E-state index contributed by atoms with van der Waals surface area (Å²) in [5.41, 5.74) is 1.22. The lowest BCUT2D eigenvalue weighted by Gasteiger charge is -2.11. The Morgan fingerprint density at radius 2 is 1.76 bits per heavy atom. The molecule has 0 heterocycles. The third-order valence-corrected chi connectivity index (χ3v) is 6.02. The van der Waals surface area contributed by atoms with E-state index in [9.17, 15) is 13.2 Å². The Bertz CT molecular complexity index is 626. The molecule has 2 saturated carbocycles. The molecule has 1 aromatic carbocycles. The van der Waals surface area contributed by atoms with Crippen LogP contribution < -0.4 is 4.72 Å². The van der Waals surface area contributed by atoms with Gasteiger partial charge in [0.05, 0.1) is 5.75 Å². The topological polar surface area (TPSA) is 63.2 Å². The molecule has 0 aliphatic heterocycles. The largest absolute Gasteiger partial charge is 0.294 e. The third-order valence-electron chi connectivity index (χ3n) is 4.53. The van der Waals surface area contributed by atoms with Gasteiger partial charge in [0.15, 0.2) is 5.78 Å². The van der Waals surface area contributed by atoms with Gasteiger partial charge in [0.25, 0.3) is 0 Å². The van der Waals surface area contributed by atoms with Crippen LogP contribution in [0.1, 0.15) is 43.0 Å². The van der Waals surface area contributed by atoms with E-state index < -0.39 is 10.0 Å². The molecule has 1 N–H and O–H groups in total. The Morgan fingerprint density at radius 3 is 2.33 bits per heavy atom. The lowest BCUT2D eigenvalue weighted by Crippen LogP contribution is -2.16. The Balaban J connectivity index is 1.65. The lowest BCUT2D eigenvalue weighted by molar-refractivity contribution is 0.0914. The monoisotopic (exact) mass is 307 g/mol. The number of ketones is 1. The highest BCUT2D eigenvalue weighted by atomic mass is 32.2. The first kappa shape index (κ1) is 14.6. The summed E-state index contributed by atoms with van der Waals surface area (Å²) in [5, 5.41) is 0. The highest BCUT2D eigenvalue weighted by Gasteiger charge is 2.47. The second-order valence-electron chi connectivity index (χ2n) is 6.29. The van der Waals surface area contributed by atoms with E-state index in [1.54, 1.807) is 24.3 Å². The van der Waals surface area contributed by atoms with E-state index in [0.29, 0.717) is 17.7 Å². The summed E-state index contributed by atoms with van der Waals surface area (Å²) in [4.78, 5) is 12.4. The van der Waals surface area contributed by atoms with Gasteiger partial charge in [-0.1, -0.05) is 6.92 Å². The number of benzene rings is 1. The van der Waals surface area contributed by atoms with Gasteiger partial charge in [-0.05, 0) is 61.8 Å². The molecule has 4 nitrogen and oxygen atoms in total. The molecule has 0 spiro atoms. The zero-order valence-electron chi connectivity index (χ0n) is 12.2. The van der Waals surface area contributed by atoms with Crippen LogP contribution in [0.2, 0.25) is 0 Å². The van der Waals surface area contributed by atoms with E-state index in [0.717, 1.165) is 24.7 Å². The van der Waals surface area contributed by atoms with E-state index in [1.807, 2.05) is 6.92 Å². The first-order chi connectivity index (χ1) is 9.98. The molecule has 3 rings (SSSR count). The minimum Gasteiger partial charge on any atom is -0.294 e. The SMILES string of the molecule is CCCS(=O)(=O)Nc1ccc(C(=O)C2CC3CC3C2)cc1. The van der Waals surface area contributed by atoms with E-state index in [2.05, 4.69) is 4.72 Å². The van der Waals surface area contributed by atoms with Crippen LogP contribution in [0.5, 0.6) is 0 Å². The molecule has 0 aromatic heterocycles. The molecule has 2 aliphatic rings. The minimum atomic E-state index is -3.27. The van der Waals surface area contributed by atoms with Crippen LogP contribution in [0.4, 0.5) is 5.69 Å². The fourth-order valence-corrected chi connectivity index (χ4v) is 4.50. The summed E-state index contributed by atoms with van der Waals surface area (Å²) in [5.74, 6) is 2.08. The number of rotatable bonds is 6. The van der Waals surface area contributed by atoms with Crippen molar-refractivity contribution in [2.75, 3.05) is 10.5 Å². The average Bonchev–Trinajstić information content (AvgIpc) is 3.05. The predicted octanol–water partition coefficient (Wildman–Crippen LogP) is 3.07. The summed E-state index contributed by atoms with van der Waals surface area (Å²) >= 11 is 0. The number of Topliss-reactive ketones (excluding diaryl/α,β-unsaturated/α-hetero) is 1. The minimum absolute atomic E-state index is 0.110. The summed E-state index contributed by atoms with van der Waals surface area (Å²) in [6.07, 6.45) is 3.96. The molecule has 2 fully saturated rings. The second-order valence-corrected chi connectivity index (χ2v) is 8.13. The quantitative estimate of drug-likeness (QED) is 0.822. The van der Waals surface area contributed by atoms with Crippen LogP contribution in [0, 0.1) is 17.8 Å². The molecule has 21 heavy (non-hydrogen) atoms. The molecular formula is C16H21NO3S. The summed E-state index contributed by atoms with van der Waals surface area (Å²) < 4.78 is 25.9. The maximum Gasteiger partial charge on any atom is 0.232 e. The standard InChI is InChI=1S/C16H21NO3S/c1-2-7-21(19,20)17-15-5-3-11(4-6-15)16(18)14-9-12-8-13(12)10-14/h3-6,12-14,17H,2,7-10H2,1H3. The van der Waals surface area contributed by atoms with E-state index in [1.165, 1.54) is 6.42 Å². The van der Waals surface area contributed by atoms with Crippen molar-refractivity contribution in [3.05, 3.63) is 29.8 Å². The normalized spacial score (nSPS) is 27.2. The smallest absolute Gasteiger partial charge is 0.232 e. The number of hydrogen-bond donors (Lipinski definition) is 1.